The van der Waals surface area contributed by atoms with Crippen LogP contribution in [0, 0.1) is 5.82 Å². The number of hydrogen-bond acceptors (Lipinski definition) is 7. The topological polar surface area (TPSA) is 145 Å². The van der Waals surface area contributed by atoms with Crippen LogP contribution in [0.1, 0.15) is 18.9 Å². The summed E-state index contributed by atoms with van der Waals surface area (Å²) in [4.78, 5) is 3.74. The van der Waals surface area contributed by atoms with E-state index in [1.54, 1.807) is 0 Å². The molecule has 0 radical (unpaired) electrons. The first-order valence-electron chi connectivity index (χ1n) is 7.81. The summed E-state index contributed by atoms with van der Waals surface area (Å²) in [5.41, 5.74) is 0.505. The van der Waals surface area contributed by atoms with Gasteiger partial charge in [-0.3, -0.25) is 0 Å². The first-order chi connectivity index (χ1) is 13.1. The highest BCUT2D eigenvalue weighted by Gasteiger charge is 2.23. The molecule has 0 spiro atoms. The summed E-state index contributed by atoms with van der Waals surface area (Å²) in [6.45, 7) is 1.50. The van der Waals surface area contributed by atoms with Crippen molar-refractivity contribution < 1.29 is 25.7 Å². The van der Waals surface area contributed by atoms with E-state index in [0.29, 0.717) is 5.56 Å². The lowest BCUT2D eigenvalue weighted by Gasteiger charge is -2.10. The number of nitrogens with one attached hydrogen (secondary N) is 1. The molecule has 12 heteroatoms. The number of nitrogens with zero attached hydrogens (tertiary/aromatic N) is 2. The number of sulfonamides is 2. The van der Waals surface area contributed by atoms with Crippen LogP contribution in [0.15, 0.2) is 62.8 Å². The van der Waals surface area contributed by atoms with Gasteiger partial charge in [-0.1, -0.05) is 5.16 Å². The molecule has 1 unspecified atom stereocenters. The van der Waals surface area contributed by atoms with Crippen molar-refractivity contribution in [1.82, 2.24) is 14.9 Å². The third kappa shape index (κ3) is 4.42. The van der Waals surface area contributed by atoms with Crippen LogP contribution in [0.25, 0.3) is 11.4 Å². The van der Waals surface area contributed by atoms with Crippen LogP contribution in [-0.2, 0) is 20.0 Å². The molecule has 2 aromatic carbocycles. The van der Waals surface area contributed by atoms with Crippen LogP contribution in [-0.4, -0.2) is 27.0 Å². The number of aromatic nitrogens is 2. The van der Waals surface area contributed by atoms with E-state index in [1.165, 1.54) is 31.2 Å². The molecule has 0 aliphatic carbocycles. The van der Waals surface area contributed by atoms with Crippen molar-refractivity contribution in [2.24, 2.45) is 5.14 Å². The quantitative estimate of drug-likeness (QED) is 0.608. The van der Waals surface area contributed by atoms with E-state index >= 15 is 0 Å². The first kappa shape index (κ1) is 20.1. The molecule has 0 saturated carbocycles. The average molecular weight is 426 g/mol. The Morgan fingerprint density at radius 3 is 2.14 bits per heavy atom. The largest absolute Gasteiger partial charge is 0.337 e. The van der Waals surface area contributed by atoms with Gasteiger partial charge in [0.15, 0.2) is 0 Å². The van der Waals surface area contributed by atoms with Crippen molar-refractivity contribution >= 4 is 20.0 Å². The third-order valence-corrected chi connectivity index (χ3v) is 6.19. The zero-order valence-corrected chi connectivity index (χ0v) is 16.0. The molecule has 0 saturated heterocycles. The lowest BCUT2D eigenvalue weighted by Crippen LogP contribution is -2.27. The first-order valence-corrected chi connectivity index (χ1v) is 10.8. The van der Waals surface area contributed by atoms with Gasteiger partial charge in [-0.25, -0.2) is 26.4 Å². The number of halogens is 1. The highest BCUT2D eigenvalue weighted by molar-refractivity contribution is 7.89. The normalized spacial score (nSPS) is 13.4. The Labute approximate surface area is 160 Å². The molecule has 0 aliphatic rings. The highest BCUT2D eigenvalue weighted by Crippen LogP contribution is 2.21. The molecular weight excluding hydrogens is 411 g/mol. The second kappa shape index (κ2) is 7.39. The van der Waals surface area contributed by atoms with Crippen molar-refractivity contribution in [3.63, 3.8) is 0 Å². The van der Waals surface area contributed by atoms with Gasteiger partial charge in [-0.15, -0.1) is 0 Å². The van der Waals surface area contributed by atoms with Crippen molar-refractivity contribution in [1.29, 1.82) is 0 Å². The van der Waals surface area contributed by atoms with E-state index in [0.717, 1.165) is 24.3 Å². The van der Waals surface area contributed by atoms with E-state index in [1.807, 2.05) is 0 Å². The summed E-state index contributed by atoms with van der Waals surface area (Å²) in [6.07, 6.45) is 0. The van der Waals surface area contributed by atoms with Crippen molar-refractivity contribution in [2.75, 3.05) is 0 Å². The summed E-state index contributed by atoms with van der Waals surface area (Å²) in [5.74, 6) is -0.232. The van der Waals surface area contributed by atoms with Crippen molar-refractivity contribution in [2.45, 2.75) is 22.8 Å². The summed E-state index contributed by atoms with van der Waals surface area (Å²) in [6, 6.07) is 8.95. The molecule has 1 aromatic heterocycles. The fourth-order valence-corrected chi connectivity index (χ4v) is 4.00. The molecule has 0 fully saturated rings. The van der Waals surface area contributed by atoms with Crippen LogP contribution in [0.2, 0.25) is 0 Å². The van der Waals surface area contributed by atoms with Crippen LogP contribution >= 0.6 is 0 Å². The Morgan fingerprint density at radius 1 is 1.00 bits per heavy atom. The maximum Gasteiger partial charge on any atom is 0.244 e. The molecule has 3 rings (SSSR count). The molecule has 28 heavy (non-hydrogen) atoms. The number of hydrogen-bond donors (Lipinski definition) is 2. The van der Waals surface area contributed by atoms with E-state index in [9.17, 15) is 21.2 Å². The van der Waals surface area contributed by atoms with Gasteiger partial charge in [0.2, 0.25) is 31.8 Å². The van der Waals surface area contributed by atoms with Gasteiger partial charge in [-0.2, -0.15) is 9.71 Å². The maximum atomic E-state index is 13.0. The van der Waals surface area contributed by atoms with Gasteiger partial charge in [0.25, 0.3) is 0 Å². The summed E-state index contributed by atoms with van der Waals surface area (Å²) in [5, 5.41) is 8.74. The van der Waals surface area contributed by atoms with Crippen LogP contribution in [0.5, 0.6) is 0 Å². The van der Waals surface area contributed by atoms with Crippen LogP contribution in [0.4, 0.5) is 4.39 Å². The molecule has 3 N–H and O–H groups in total. The molecule has 0 amide bonds. The Kier molecular flexibility index (Phi) is 5.30. The predicted molar refractivity (Wildman–Crippen MR) is 96.2 cm³/mol. The Morgan fingerprint density at radius 2 is 1.57 bits per heavy atom. The van der Waals surface area contributed by atoms with Crippen LogP contribution < -0.4 is 9.86 Å². The Bertz CT molecular complexity index is 1190. The van der Waals surface area contributed by atoms with Crippen molar-refractivity contribution in [3.05, 3.63) is 60.2 Å². The zero-order chi connectivity index (χ0) is 20.5. The SMILES string of the molecule is CC(NS(=O)(=O)c1ccc(S(N)(=O)=O)cc1)c1nc(-c2ccc(F)cc2)no1. The minimum Gasteiger partial charge on any atom is -0.337 e. The van der Waals surface area contributed by atoms with Gasteiger partial charge in [-0.05, 0) is 55.5 Å². The van der Waals surface area contributed by atoms with Gasteiger partial charge in [0, 0.05) is 5.56 Å². The molecule has 1 atom stereocenters. The lowest BCUT2D eigenvalue weighted by atomic mass is 10.2. The highest BCUT2D eigenvalue weighted by atomic mass is 32.2. The number of benzene rings is 2. The minimum atomic E-state index is -3.99. The Balaban J connectivity index is 1.78. The number of primary sulfonamides is 1. The fraction of sp³-hybridized carbons (Fsp3) is 0.125. The molecule has 1 heterocycles. The predicted octanol–water partition coefficient (Wildman–Crippen LogP) is 1.56. The maximum absolute atomic E-state index is 13.0. The monoisotopic (exact) mass is 426 g/mol. The molecule has 9 nitrogen and oxygen atoms in total. The molecule has 3 aromatic rings. The smallest absolute Gasteiger partial charge is 0.244 e. The number of rotatable bonds is 6. The van der Waals surface area contributed by atoms with Gasteiger partial charge in [0.05, 0.1) is 15.8 Å². The Hall–Kier alpha value is -2.67. The second-order valence-corrected chi connectivity index (χ2v) is 9.10. The molecule has 0 aliphatic heterocycles. The van der Waals surface area contributed by atoms with E-state index in [-0.39, 0.29) is 21.5 Å². The van der Waals surface area contributed by atoms with Crippen molar-refractivity contribution in [3.8, 4) is 11.4 Å². The molecular formula is C16H15FN4O5S2. The van der Waals surface area contributed by atoms with E-state index < -0.39 is 31.9 Å². The number of nitrogens with two attached hydrogens (primary N) is 1. The summed E-state index contributed by atoms with van der Waals surface area (Å²) in [7, 11) is -7.92. The standard InChI is InChI=1S/C16H15FN4O5S2/c1-10(16-19-15(20-26-16)11-2-4-12(17)5-3-11)21-28(24,25)14-8-6-13(7-9-14)27(18,22)23/h2-10,21H,1H3,(H2,18,22,23). The zero-order valence-electron chi connectivity index (χ0n) is 14.4. The van der Waals surface area contributed by atoms with E-state index in [2.05, 4.69) is 14.9 Å². The second-order valence-electron chi connectivity index (χ2n) is 5.82. The summed E-state index contributed by atoms with van der Waals surface area (Å²) >= 11 is 0. The summed E-state index contributed by atoms with van der Waals surface area (Å²) < 4.78 is 67.9. The lowest BCUT2D eigenvalue weighted by molar-refractivity contribution is 0.354. The molecule has 148 valence electrons. The van der Waals surface area contributed by atoms with Gasteiger partial charge in [0.1, 0.15) is 5.82 Å². The van der Waals surface area contributed by atoms with Gasteiger partial charge >= 0.3 is 0 Å². The molecule has 0 bridgehead atoms. The minimum absolute atomic E-state index is 0.00376. The van der Waals surface area contributed by atoms with E-state index in [4.69, 9.17) is 9.66 Å². The van der Waals surface area contributed by atoms with Gasteiger partial charge < -0.3 is 4.52 Å². The fourth-order valence-electron chi connectivity index (χ4n) is 2.29. The van der Waals surface area contributed by atoms with Crippen LogP contribution in [0.3, 0.4) is 0 Å². The third-order valence-electron chi connectivity index (χ3n) is 3.71. The average Bonchev–Trinajstić information content (AvgIpc) is 3.12.